The molecular weight excluding hydrogens is 206 g/mol. The highest BCUT2D eigenvalue weighted by molar-refractivity contribution is 5.50. The third-order valence-electron chi connectivity index (χ3n) is 1.56. The maximum absolute atomic E-state index is 3.14. The maximum Gasteiger partial charge on any atom is 0.0409 e. The molecule has 0 aliphatic heterocycles. The lowest BCUT2D eigenvalue weighted by Gasteiger charge is -1.87. The van der Waals surface area contributed by atoms with Gasteiger partial charge >= 0.3 is 0 Å². The minimum absolute atomic E-state index is 1.18. The zero-order valence-electron chi connectivity index (χ0n) is 13.0. The predicted molar refractivity (Wildman–Crippen MR) is 83.4 cm³/mol. The molecule has 100 valence electrons. The van der Waals surface area contributed by atoms with Crippen molar-refractivity contribution in [2.75, 3.05) is 0 Å². The lowest BCUT2D eigenvalue weighted by molar-refractivity contribution is 1.34. The van der Waals surface area contributed by atoms with E-state index < -0.39 is 0 Å². The van der Waals surface area contributed by atoms with E-state index in [-0.39, 0.29) is 0 Å². The zero-order chi connectivity index (χ0) is 14.1. The SMILES string of the molecule is C/C=C\C=C/c1[nH]ccc1C.CC.CC.CC. The Bertz CT molecular complexity index is 267. The van der Waals surface area contributed by atoms with Crippen molar-refractivity contribution < 1.29 is 0 Å². The third kappa shape index (κ3) is 12.7. The number of allylic oxidation sites excluding steroid dienone is 3. The van der Waals surface area contributed by atoms with Gasteiger partial charge in [-0.3, -0.25) is 0 Å². The van der Waals surface area contributed by atoms with E-state index in [1.165, 1.54) is 11.3 Å². The Hall–Kier alpha value is -1.24. The summed E-state index contributed by atoms with van der Waals surface area (Å²) in [5.74, 6) is 0. The molecule has 0 spiro atoms. The van der Waals surface area contributed by atoms with Crippen molar-refractivity contribution >= 4 is 6.08 Å². The largest absolute Gasteiger partial charge is 0.361 e. The van der Waals surface area contributed by atoms with Crippen molar-refractivity contribution in [3.8, 4) is 0 Å². The van der Waals surface area contributed by atoms with E-state index in [4.69, 9.17) is 0 Å². The van der Waals surface area contributed by atoms with Crippen LogP contribution < -0.4 is 0 Å². The average molecular weight is 237 g/mol. The van der Waals surface area contributed by atoms with Crippen LogP contribution in [0.5, 0.6) is 0 Å². The molecular formula is C16H31N. The molecule has 0 aromatic carbocycles. The number of hydrogen-bond donors (Lipinski definition) is 1. The van der Waals surface area contributed by atoms with Gasteiger partial charge in [0.1, 0.15) is 0 Å². The van der Waals surface area contributed by atoms with Gasteiger partial charge in [-0.2, -0.15) is 0 Å². The van der Waals surface area contributed by atoms with E-state index in [1.807, 2.05) is 72.9 Å². The molecule has 0 radical (unpaired) electrons. The van der Waals surface area contributed by atoms with Gasteiger partial charge in [0.15, 0.2) is 0 Å². The summed E-state index contributed by atoms with van der Waals surface area (Å²) in [6, 6.07) is 2.06. The van der Waals surface area contributed by atoms with Crippen LogP contribution in [0.4, 0.5) is 0 Å². The van der Waals surface area contributed by atoms with E-state index in [0.29, 0.717) is 0 Å². The molecule has 0 fully saturated rings. The van der Waals surface area contributed by atoms with Gasteiger partial charge in [-0.1, -0.05) is 59.8 Å². The molecule has 0 unspecified atom stereocenters. The summed E-state index contributed by atoms with van der Waals surface area (Å²) in [6.07, 6.45) is 10.1. The molecule has 17 heavy (non-hydrogen) atoms. The van der Waals surface area contributed by atoms with Gasteiger partial charge in [0, 0.05) is 11.9 Å². The molecule has 0 atom stereocenters. The Morgan fingerprint density at radius 1 is 0.941 bits per heavy atom. The highest BCUT2D eigenvalue weighted by Gasteiger charge is 1.90. The van der Waals surface area contributed by atoms with Crippen molar-refractivity contribution in [2.45, 2.75) is 55.4 Å². The predicted octanol–water partition coefficient (Wildman–Crippen LogP) is 5.99. The van der Waals surface area contributed by atoms with Crippen molar-refractivity contribution in [3.05, 3.63) is 41.7 Å². The van der Waals surface area contributed by atoms with Gasteiger partial charge < -0.3 is 4.98 Å². The third-order valence-corrected chi connectivity index (χ3v) is 1.56. The summed E-state index contributed by atoms with van der Waals surface area (Å²) >= 11 is 0. The topological polar surface area (TPSA) is 15.8 Å². The van der Waals surface area contributed by atoms with Gasteiger partial charge in [-0.25, -0.2) is 0 Å². The normalized spacial score (nSPS) is 8.71. The molecule has 0 saturated heterocycles. The van der Waals surface area contributed by atoms with Gasteiger partial charge in [0.05, 0.1) is 0 Å². The molecule has 1 rings (SSSR count). The van der Waals surface area contributed by atoms with Crippen LogP contribution in [-0.4, -0.2) is 4.98 Å². The quantitative estimate of drug-likeness (QED) is 0.608. The van der Waals surface area contributed by atoms with Gasteiger partial charge in [0.2, 0.25) is 0 Å². The zero-order valence-corrected chi connectivity index (χ0v) is 13.0. The Balaban J connectivity index is -0.000000285. The Kier molecular flexibility index (Phi) is 25.1. The summed E-state index contributed by atoms with van der Waals surface area (Å²) in [7, 11) is 0. The van der Waals surface area contributed by atoms with Gasteiger partial charge in [0.25, 0.3) is 0 Å². The maximum atomic E-state index is 3.14. The highest BCUT2D eigenvalue weighted by Crippen LogP contribution is 2.05. The molecule has 0 bridgehead atoms. The number of nitrogens with one attached hydrogen (secondary N) is 1. The standard InChI is InChI=1S/C10H13N.3C2H6/c1-3-4-5-6-10-9(2)7-8-11-10;3*1-2/h3-8,11H,1-2H3;3*1-2H3/b4-3-,6-5-;;;. The second-order valence-corrected chi connectivity index (χ2v) is 2.46. The molecule has 1 aromatic rings. The molecule has 0 aliphatic carbocycles. The summed E-state index contributed by atoms with van der Waals surface area (Å²) in [5, 5.41) is 0. The van der Waals surface area contributed by atoms with E-state index in [2.05, 4.69) is 24.1 Å². The number of H-pyrrole nitrogens is 1. The lowest BCUT2D eigenvalue weighted by atomic mass is 10.2. The van der Waals surface area contributed by atoms with Crippen molar-refractivity contribution in [1.29, 1.82) is 0 Å². The Morgan fingerprint density at radius 3 is 1.82 bits per heavy atom. The van der Waals surface area contributed by atoms with Crippen molar-refractivity contribution in [2.24, 2.45) is 0 Å². The van der Waals surface area contributed by atoms with E-state index >= 15 is 0 Å². The lowest BCUT2D eigenvalue weighted by Crippen LogP contribution is -1.72. The smallest absolute Gasteiger partial charge is 0.0409 e. The second kappa shape index (κ2) is 20.2. The Labute approximate surface area is 109 Å². The van der Waals surface area contributed by atoms with Crippen LogP contribution in [0.2, 0.25) is 0 Å². The summed E-state index contributed by atoms with van der Waals surface area (Å²) in [4.78, 5) is 3.14. The van der Waals surface area contributed by atoms with Crippen LogP contribution >= 0.6 is 0 Å². The second-order valence-electron chi connectivity index (χ2n) is 2.46. The van der Waals surface area contributed by atoms with E-state index in [0.717, 1.165) is 0 Å². The number of aryl methyl sites for hydroxylation is 1. The van der Waals surface area contributed by atoms with Crippen LogP contribution in [0.25, 0.3) is 6.08 Å². The number of aromatic amines is 1. The fourth-order valence-corrected chi connectivity index (χ4v) is 0.903. The van der Waals surface area contributed by atoms with E-state index in [9.17, 15) is 0 Å². The minimum Gasteiger partial charge on any atom is -0.361 e. The summed E-state index contributed by atoms with van der Waals surface area (Å²) < 4.78 is 0. The first kappa shape index (κ1) is 21.1. The fourth-order valence-electron chi connectivity index (χ4n) is 0.903. The molecule has 1 heteroatoms. The fraction of sp³-hybridized carbons (Fsp3) is 0.500. The Morgan fingerprint density at radius 2 is 1.47 bits per heavy atom. The molecule has 0 amide bonds. The number of hydrogen-bond acceptors (Lipinski definition) is 0. The van der Waals surface area contributed by atoms with E-state index in [1.54, 1.807) is 0 Å². The van der Waals surface area contributed by atoms with Crippen LogP contribution in [0.15, 0.2) is 30.5 Å². The van der Waals surface area contributed by atoms with Crippen LogP contribution in [0, 0.1) is 6.92 Å². The first-order chi connectivity index (χ1) is 8.34. The van der Waals surface area contributed by atoms with Crippen molar-refractivity contribution in [1.82, 2.24) is 4.98 Å². The van der Waals surface area contributed by atoms with Crippen molar-refractivity contribution in [3.63, 3.8) is 0 Å². The molecule has 1 N–H and O–H groups in total. The van der Waals surface area contributed by atoms with Crippen LogP contribution in [-0.2, 0) is 0 Å². The number of aromatic nitrogens is 1. The van der Waals surface area contributed by atoms with Gasteiger partial charge in [-0.15, -0.1) is 0 Å². The summed E-state index contributed by atoms with van der Waals surface area (Å²) in [6.45, 7) is 16.1. The average Bonchev–Trinajstić information content (AvgIpc) is 2.83. The molecule has 1 nitrogen and oxygen atoms in total. The van der Waals surface area contributed by atoms with Crippen LogP contribution in [0.3, 0.4) is 0 Å². The summed E-state index contributed by atoms with van der Waals surface area (Å²) in [5.41, 5.74) is 2.47. The monoisotopic (exact) mass is 237 g/mol. The van der Waals surface area contributed by atoms with Crippen LogP contribution in [0.1, 0.15) is 59.7 Å². The molecule has 0 saturated carbocycles. The minimum atomic E-state index is 1.18. The molecule has 1 heterocycles. The first-order valence-corrected chi connectivity index (χ1v) is 6.78. The molecule has 0 aliphatic rings. The molecule has 1 aromatic heterocycles. The number of rotatable bonds is 2. The highest BCUT2D eigenvalue weighted by atomic mass is 14.7. The first-order valence-electron chi connectivity index (χ1n) is 6.78. The van der Waals surface area contributed by atoms with Gasteiger partial charge in [-0.05, 0) is 31.6 Å².